The van der Waals surface area contributed by atoms with Crippen LogP contribution < -0.4 is 10.6 Å². The zero-order valence-corrected chi connectivity index (χ0v) is 11.6. The molecule has 0 fully saturated rings. The van der Waals surface area contributed by atoms with Crippen LogP contribution in [0.25, 0.3) is 0 Å². The van der Waals surface area contributed by atoms with Gasteiger partial charge in [-0.1, -0.05) is 36.8 Å². The first-order valence-electron chi connectivity index (χ1n) is 6.67. The van der Waals surface area contributed by atoms with E-state index in [-0.39, 0.29) is 5.91 Å². The van der Waals surface area contributed by atoms with Crippen LogP contribution in [0, 0.1) is 6.92 Å². The molecule has 18 heavy (non-hydrogen) atoms. The number of likely N-dealkylation sites (N-methyl/N-ethyl adjacent to an activating group) is 1. The van der Waals surface area contributed by atoms with Crippen LogP contribution >= 0.6 is 0 Å². The van der Waals surface area contributed by atoms with Gasteiger partial charge in [-0.25, -0.2) is 0 Å². The van der Waals surface area contributed by atoms with E-state index < -0.39 is 0 Å². The number of hydrogen-bond acceptors (Lipinski definition) is 2. The van der Waals surface area contributed by atoms with Gasteiger partial charge >= 0.3 is 0 Å². The number of nitrogens with one attached hydrogen (secondary N) is 2. The van der Waals surface area contributed by atoms with Crippen molar-refractivity contribution in [3.63, 3.8) is 0 Å². The second-order valence-corrected chi connectivity index (χ2v) is 4.75. The Labute approximate surface area is 110 Å². The number of carbonyl (C=O) groups excluding carboxylic acids is 1. The lowest BCUT2D eigenvalue weighted by Gasteiger charge is -2.13. The van der Waals surface area contributed by atoms with E-state index in [1.807, 2.05) is 6.07 Å². The number of carbonyl (C=O) groups is 1. The molecule has 0 aromatic heterocycles. The highest BCUT2D eigenvalue weighted by atomic mass is 16.1. The molecule has 3 nitrogen and oxygen atoms in total. The Morgan fingerprint density at radius 2 is 2.17 bits per heavy atom. The largest absolute Gasteiger partial charge is 0.355 e. The Balaban J connectivity index is 2.25. The van der Waals surface area contributed by atoms with Gasteiger partial charge in [-0.2, -0.15) is 0 Å². The van der Waals surface area contributed by atoms with Gasteiger partial charge in [0.1, 0.15) is 0 Å². The molecule has 0 aliphatic carbocycles. The maximum Gasteiger partial charge on any atom is 0.220 e. The molecule has 0 aliphatic heterocycles. The molecular formula is C15H24N2O. The quantitative estimate of drug-likeness (QED) is 0.775. The summed E-state index contributed by atoms with van der Waals surface area (Å²) in [6, 6.07) is 8.64. The topological polar surface area (TPSA) is 41.1 Å². The fourth-order valence-corrected chi connectivity index (χ4v) is 1.90. The fourth-order valence-electron chi connectivity index (χ4n) is 1.90. The highest BCUT2D eigenvalue weighted by molar-refractivity contribution is 5.76. The van der Waals surface area contributed by atoms with Crippen molar-refractivity contribution in [1.29, 1.82) is 0 Å². The average Bonchev–Trinajstić information content (AvgIpc) is 2.34. The van der Waals surface area contributed by atoms with E-state index in [9.17, 15) is 4.79 Å². The Hall–Kier alpha value is -1.35. The molecule has 0 bridgehead atoms. The Morgan fingerprint density at radius 3 is 2.83 bits per heavy atom. The van der Waals surface area contributed by atoms with Gasteiger partial charge < -0.3 is 10.6 Å². The SMILES string of the molecule is CCN[C@H](C)CNC(=O)CCc1cccc(C)c1. The lowest BCUT2D eigenvalue weighted by molar-refractivity contribution is -0.121. The number of aryl methyl sites for hydroxylation is 2. The van der Waals surface area contributed by atoms with Crippen molar-refractivity contribution in [3.8, 4) is 0 Å². The highest BCUT2D eigenvalue weighted by Crippen LogP contribution is 2.06. The zero-order chi connectivity index (χ0) is 13.4. The Bertz CT molecular complexity index is 377. The second kappa shape index (κ2) is 7.88. The maximum atomic E-state index is 11.7. The molecule has 2 N–H and O–H groups in total. The van der Waals surface area contributed by atoms with Crippen LogP contribution in [0.1, 0.15) is 31.4 Å². The summed E-state index contributed by atoms with van der Waals surface area (Å²) in [7, 11) is 0. The standard InChI is InChI=1S/C15H24N2O/c1-4-16-13(3)11-17-15(18)9-8-14-7-5-6-12(2)10-14/h5-7,10,13,16H,4,8-9,11H2,1-3H3,(H,17,18)/t13-/m1/s1. The number of hydrogen-bond donors (Lipinski definition) is 2. The minimum Gasteiger partial charge on any atom is -0.355 e. The van der Waals surface area contributed by atoms with Crippen molar-refractivity contribution in [3.05, 3.63) is 35.4 Å². The van der Waals surface area contributed by atoms with Crippen molar-refractivity contribution in [2.45, 2.75) is 39.7 Å². The fraction of sp³-hybridized carbons (Fsp3) is 0.533. The van der Waals surface area contributed by atoms with Crippen LogP contribution in [0.5, 0.6) is 0 Å². The Morgan fingerprint density at radius 1 is 1.39 bits per heavy atom. The van der Waals surface area contributed by atoms with E-state index in [1.54, 1.807) is 0 Å². The van der Waals surface area contributed by atoms with E-state index in [1.165, 1.54) is 11.1 Å². The van der Waals surface area contributed by atoms with Crippen molar-refractivity contribution < 1.29 is 4.79 Å². The summed E-state index contributed by atoms with van der Waals surface area (Å²) < 4.78 is 0. The molecule has 1 amide bonds. The molecule has 0 radical (unpaired) electrons. The third-order valence-corrected chi connectivity index (χ3v) is 2.88. The minimum atomic E-state index is 0.126. The zero-order valence-electron chi connectivity index (χ0n) is 11.6. The van der Waals surface area contributed by atoms with Crippen molar-refractivity contribution in [1.82, 2.24) is 10.6 Å². The van der Waals surface area contributed by atoms with Crippen molar-refractivity contribution in [2.24, 2.45) is 0 Å². The van der Waals surface area contributed by atoms with Crippen LogP contribution in [0.3, 0.4) is 0 Å². The third kappa shape index (κ3) is 5.82. The molecule has 0 spiro atoms. The van der Waals surface area contributed by atoms with E-state index in [0.29, 0.717) is 19.0 Å². The lowest BCUT2D eigenvalue weighted by atomic mass is 10.1. The molecule has 1 aromatic carbocycles. The third-order valence-electron chi connectivity index (χ3n) is 2.88. The van der Waals surface area contributed by atoms with E-state index in [2.05, 4.69) is 49.6 Å². The highest BCUT2D eigenvalue weighted by Gasteiger charge is 2.04. The van der Waals surface area contributed by atoms with E-state index >= 15 is 0 Å². The molecule has 0 aliphatic rings. The summed E-state index contributed by atoms with van der Waals surface area (Å²) in [6.07, 6.45) is 1.37. The van der Waals surface area contributed by atoms with Crippen LogP contribution in [-0.2, 0) is 11.2 Å². The molecule has 0 saturated heterocycles. The summed E-state index contributed by atoms with van der Waals surface area (Å²) in [5.74, 6) is 0.126. The molecular weight excluding hydrogens is 224 g/mol. The maximum absolute atomic E-state index is 11.7. The van der Waals surface area contributed by atoms with E-state index in [4.69, 9.17) is 0 Å². The molecule has 0 heterocycles. The van der Waals surface area contributed by atoms with Gasteiger partial charge in [0.25, 0.3) is 0 Å². The molecule has 0 unspecified atom stereocenters. The van der Waals surface area contributed by atoms with Crippen LogP contribution in [0.2, 0.25) is 0 Å². The predicted octanol–water partition coefficient (Wildman–Crippen LogP) is 2.04. The lowest BCUT2D eigenvalue weighted by Crippen LogP contribution is -2.38. The van der Waals surface area contributed by atoms with Crippen LogP contribution in [-0.4, -0.2) is 25.0 Å². The predicted molar refractivity (Wildman–Crippen MR) is 75.6 cm³/mol. The average molecular weight is 248 g/mol. The van der Waals surface area contributed by atoms with Gasteiger partial charge in [-0.15, -0.1) is 0 Å². The molecule has 1 rings (SSSR count). The second-order valence-electron chi connectivity index (χ2n) is 4.75. The molecule has 0 saturated carbocycles. The minimum absolute atomic E-state index is 0.126. The summed E-state index contributed by atoms with van der Waals surface area (Å²) in [4.78, 5) is 11.7. The smallest absolute Gasteiger partial charge is 0.220 e. The normalized spacial score (nSPS) is 12.2. The molecule has 3 heteroatoms. The van der Waals surface area contributed by atoms with Gasteiger partial charge in [0.05, 0.1) is 0 Å². The van der Waals surface area contributed by atoms with Gasteiger partial charge in [0, 0.05) is 19.0 Å². The first-order valence-corrected chi connectivity index (χ1v) is 6.67. The van der Waals surface area contributed by atoms with Crippen molar-refractivity contribution >= 4 is 5.91 Å². The summed E-state index contributed by atoms with van der Waals surface area (Å²) >= 11 is 0. The van der Waals surface area contributed by atoms with Gasteiger partial charge in [0.15, 0.2) is 0 Å². The monoisotopic (exact) mass is 248 g/mol. The van der Waals surface area contributed by atoms with Gasteiger partial charge in [-0.05, 0) is 32.4 Å². The van der Waals surface area contributed by atoms with Crippen LogP contribution in [0.15, 0.2) is 24.3 Å². The summed E-state index contributed by atoms with van der Waals surface area (Å²) in [5, 5.41) is 6.22. The molecule has 100 valence electrons. The summed E-state index contributed by atoms with van der Waals surface area (Å²) in [6.45, 7) is 7.84. The van der Waals surface area contributed by atoms with Crippen molar-refractivity contribution in [2.75, 3.05) is 13.1 Å². The molecule has 1 atom stereocenters. The van der Waals surface area contributed by atoms with Gasteiger partial charge in [0.2, 0.25) is 5.91 Å². The molecule has 1 aromatic rings. The Kier molecular flexibility index (Phi) is 6.44. The summed E-state index contributed by atoms with van der Waals surface area (Å²) in [5.41, 5.74) is 2.47. The number of rotatable bonds is 7. The van der Waals surface area contributed by atoms with Gasteiger partial charge in [-0.3, -0.25) is 4.79 Å². The first-order chi connectivity index (χ1) is 8.61. The first kappa shape index (κ1) is 14.7. The number of amides is 1. The van der Waals surface area contributed by atoms with Crippen LogP contribution in [0.4, 0.5) is 0 Å². The number of benzene rings is 1. The van der Waals surface area contributed by atoms with E-state index in [0.717, 1.165) is 13.0 Å².